The van der Waals surface area contributed by atoms with Crippen LogP contribution in [0.25, 0.3) is 6.08 Å². The highest BCUT2D eigenvalue weighted by Gasteiger charge is 2.26. The van der Waals surface area contributed by atoms with Crippen molar-refractivity contribution >= 4 is 40.2 Å². The van der Waals surface area contributed by atoms with Crippen LogP contribution in [0.15, 0.2) is 58.9 Å². The number of amides is 1. The van der Waals surface area contributed by atoms with Gasteiger partial charge in [0.05, 0.1) is 17.8 Å². The van der Waals surface area contributed by atoms with Gasteiger partial charge in [-0.1, -0.05) is 30.3 Å². The minimum atomic E-state index is 0.00894. The van der Waals surface area contributed by atoms with Crippen molar-refractivity contribution < 1.29 is 9.53 Å². The molecular formula is C23H23N3O2S2. The third kappa shape index (κ3) is 4.68. The van der Waals surface area contributed by atoms with Gasteiger partial charge < -0.3 is 15.0 Å². The summed E-state index contributed by atoms with van der Waals surface area (Å²) in [5.41, 5.74) is 3.70. The van der Waals surface area contributed by atoms with Crippen LogP contribution in [0.4, 0.5) is 5.13 Å². The number of rotatable bonds is 6. The summed E-state index contributed by atoms with van der Waals surface area (Å²) < 4.78 is 5.30. The third-order valence-electron chi connectivity index (χ3n) is 4.80. The van der Waals surface area contributed by atoms with Crippen LogP contribution in [0.1, 0.15) is 27.2 Å². The molecule has 2 aromatic carbocycles. The van der Waals surface area contributed by atoms with Gasteiger partial charge in [-0.2, -0.15) is 0 Å². The van der Waals surface area contributed by atoms with E-state index in [4.69, 9.17) is 4.74 Å². The van der Waals surface area contributed by atoms with E-state index in [2.05, 4.69) is 22.4 Å². The smallest absolute Gasteiger partial charge is 0.258 e. The van der Waals surface area contributed by atoms with Crippen molar-refractivity contribution in [1.82, 2.24) is 9.88 Å². The molecule has 7 heteroatoms. The number of anilines is 1. The normalized spacial score (nSPS) is 14.9. The molecular weight excluding hydrogens is 414 g/mol. The van der Waals surface area contributed by atoms with Gasteiger partial charge in [0.2, 0.25) is 0 Å². The number of carbonyl (C=O) groups is 1. The Morgan fingerprint density at radius 2 is 2.10 bits per heavy atom. The maximum atomic E-state index is 13.1. The number of hydrogen-bond acceptors (Lipinski definition) is 6. The van der Waals surface area contributed by atoms with E-state index in [-0.39, 0.29) is 5.91 Å². The van der Waals surface area contributed by atoms with Crippen molar-refractivity contribution in [3.8, 4) is 5.75 Å². The molecule has 1 aromatic heterocycles. The third-order valence-corrected chi connectivity index (χ3v) is 6.64. The molecule has 4 rings (SSSR count). The number of thiazole rings is 1. The zero-order valence-electron chi connectivity index (χ0n) is 16.9. The number of carbonyl (C=O) groups excluding carboxylic acids is 1. The average molecular weight is 438 g/mol. The predicted molar refractivity (Wildman–Crippen MR) is 125 cm³/mol. The lowest BCUT2D eigenvalue weighted by Crippen LogP contribution is -2.26. The van der Waals surface area contributed by atoms with Crippen molar-refractivity contribution in [2.75, 3.05) is 24.7 Å². The Kier molecular flexibility index (Phi) is 6.40. The largest absolute Gasteiger partial charge is 0.496 e. The van der Waals surface area contributed by atoms with Gasteiger partial charge in [0, 0.05) is 29.8 Å². The Morgan fingerprint density at radius 3 is 2.87 bits per heavy atom. The molecule has 1 saturated heterocycles. The fourth-order valence-electron chi connectivity index (χ4n) is 3.25. The number of nitrogens with one attached hydrogen (secondary N) is 1. The maximum absolute atomic E-state index is 13.1. The summed E-state index contributed by atoms with van der Waals surface area (Å²) in [4.78, 5) is 19.6. The minimum absolute atomic E-state index is 0.00894. The van der Waals surface area contributed by atoms with Crippen molar-refractivity contribution in [2.45, 2.75) is 13.5 Å². The molecule has 3 aromatic rings. The molecule has 1 amide bonds. The Morgan fingerprint density at radius 1 is 1.27 bits per heavy atom. The molecule has 30 heavy (non-hydrogen) atoms. The van der Waals surface area contributed by atoms with Crippen LogP contribution in [0.5, 0.6) is 5.75 Å². The zero-order valence-corrected chi connectivity index (χ0v) is 18.6. The van der Waals surface area contributed by atoms with E-state index in [1.54, 1.807) is 30.2 Å². The van der Waals surface area contributed by atoms with Crippen LogP contribution in [0.2, 0.25) is 0 Å². The number of aromatic nitrogens is 1. The van der Waals surface area contributed by atoms with Crippen LogP contribution in [-0.2, 0) is 6.54 Å². The SMILES string of the molecule is COc1ccc(C(=O)N2CCS/C2=C/c2csc(NCc3ccccc3)n2)cc1C. The number of benzene rings is 2. The Balaban J connectivity index is 1.46. The van der Waals surface area contributed by atoms with E-state index in [1.807, 2.05) is 59.7 Å². The predicted octanol–water partition coefficient (Wildman–Crippen LogP) is 5.26. The van der Waals surface area contributed by atoms with E-state index in [1.165, 1.54) is 5.56 Å². The first-order valence-electron chi connectivity index (χ1n) is 9.68. The average Bonchev–Trinajstić information content (AvgIpc) is 3.42. The fourth-order valence-corrected chi connectivity index (χ4v) is 4.94. The lowest BCUT2D eigenvalue weighted by atomic mass is 10.1. The van der Waals surface area contributed by atoms with E-state index < -0.39 is 0 Å². The highest BCUT2D eigenvalue weighted by Crippen LogP contribution is 2.32. The van der Waals surface area contributed by atoms with Gasteiger partial charge in [0.15, 0.2) is 5.13 Å². The maximum Gasteiger partial charge on any atom is 0.258 e. The number of nitrogens with zero attached hydrogens (tertiary/aromatic N) is 2. The molecule has 1 aliphatic heterocycles. The van der Waals surface area contributed by atoms with Crippen molar-refractivity contribution in [3.05, 3.63) is 81.3 Å². The van der Waals surface area contributed by atoms with Gasteiger partial charge in [-0.25, -0.2) is 4.98 Å². The van der Waals surface area contributed by atoms with Gasteiger partial charge in [-0.3, -0.25) is 4.79 Å². The molecule has 0 saturated carbocycles. The molecule has 154 valence electrons. The molecule has 5 nitrogen and oxygen atoms in total. The summed E-state index contributed by atoms with van der Waals surface area (Å²) in [7, 11) is 1.64. The molecule has 0 aliphatic carbocycles. The zero-order chi connectivity index (χ0) is 20.9. The van der Waals surface area contributed by atoms with Gasteiger partial charge in [0.25, 0.3) is 5.91 Å². The number of thioether (sulfide) groups is 1. The molecule has 1 fully saturated rings. The highest BCUT2D eigenvalue weighted by atomic mass is 32.2. The summed E-state index contributed by atoms with van der Waals surface area (Å²) in [6.07, 6.45) is 2.00. The topological polar surface area (TPSA) is 54.5 Å². The van der Waals surface area contributed by atoms with Gasteiger partial charge in [-0.15, -0.1) is 23.1 Å². The standard InChI is InChI=1S/C23H23N3O2S2/c1-16-12-18(8-9-20(16)28-2)22(27)26-10-11-29-21(26)13-19-15-30-23(25-19)24-14-17-6-4-3-5-7-17/h3-9,12-13,15H,10-11,14H2,1-2H3,(H,24,25)/b21-13+. The summed E-state index contributed by atoms with van der Waals surface area (Å²) in [5.74, 6) is 1.68. The first-order valence-corrected chi connectivity index (χ1v) is 11.5. The second kappa shape index (κ2) is 9.36. The summed E-state index contributed by atoms with van der Waals surface area (Å²) in [6, 6.07) is 15.8. The van der Waals surface area contributed by atoms with Crippen LogP contribution in [0.3, 0.4) is 0 Å². The monoisotopic (exact) mass is 437 g/mol. The van der Waals surface area contributed by atoms with Gasteiger partial charge in [0.1, 0.15) is 5.75 Å². The number of methoxy groups -OCH3 is 1. The molecule has 1 N–H and O–H groups in total. The molecule has 0 atom stereocenters. The molecule has 2 heterocycles. The Hall–Kier alpha value is -2.77. The molecule has 0 radical (unpaired) electrons. The first-order chi connectivity index (χ1) is 14.6. The fraction of sp³-hybridized carbons (Fsp3) is 0.217. The number of aryl methyl sites for hydroxylation is 1. The molecule has 0 unspecified atom stereocenters. The second-order valence-electron chi connectivity index (χ2n) is 6.89. The number of ether oxygens (including phenoxy) is 1. The van der Waals surface area contributed by atoms with Crippen LogP contribution >= 0.6 is 23.1 Å². The van der Waals surface area contributed by atoms with Crippen LogP contribution in [-0.4, -0.2) is 35.2 Å². The Labute approximate surface area is 184 Å². The van der Waals surface area contributed by atoms with E-state index in [0.29, 0.717) is 12.1 Å². The molecule has 0 bridgehead atoms. The van der Waals surface area contributed by atoms with Crippen molar-refractivity contribution in [1.29, 1.82) is 0 Å². The molecule has 0 spiro atoms. The van der Waals surface area contributed by atoms with Gasteiger partial charge in [-0.05, 0) is 42.3 Å². The molecule has 1 aliphatic rings. The van der Waals surface area contributed by atoms with Crippen molar-refractivity contribution in [2.24, 2.45) is 0 Å². The highest BCUT2D eigenvalue weighted by molar-refractivity contribution is 8.03. The van der Waals surface area contributed by atoms with Crippen molar-refractivity contribution in [3.63, 3.8) is 0 Å². The van der Waals surface area contributed by atoms with E-state index in [9.17, 15) is 4.79 Å². The lowest BCUT2D eigenvalue weighted by Gasteiger charge is -2.17. The van der Waals surface area contributed by atoms with Crippen LogP contribution in [0, 0.1) is 6.92 Å². The van der Waals surface area contributed by atoms with Gasteiger partial charge >= 0.3 is 0 Å². The Bertz CT molecular complexity index is 1060. The second-order valence-corrected chi connectivity index (χ2v) is 8.86. The first kappa shape index (κ1) is 20.5. The van der Waals surface area contributed by atoms with E-state index in [0.717, 1.165) is 39.5 Å². The summed E-state index contributed by atoms with van der Waals surface area (Å²) in [6.45, 7) is 3.38. The summed E-state index contributed by atoms with van der Waals surface area (Å²) >= 11 is 3.26. The minimum Gasteiger partial charge on any atom is -0.496 e. The number of hydrogen-bond donors (Lipinski definition) is 1. The lowest BCUT2D eigenvalue weighted by molar-refractivity contribution is 0.0831. The summed E-state index contributed by atoms with van der Waals surface area (Å²) in [5, 5.41) is 7.19. The van der Waals surface area contributed by atoms with Crippen LogP contribution < -0.4 is 10.1 Å². The quantitative estimate of drug-likeness (QED) is 0.570. The van der Waals surface area contributed by atoms with E-state index >= 15 is 0 Å².